The average Bonchev–Trinajstić information content (AvgIpc) is 3.06. The molecule has 0 radical (unpaired) electrons. The van der Waals surface area contributed by atoms with E-state index in [0.29, 0.717) is 10.1 Å². The number of benzene rings is 1. The number of hydrogen-bond acceptors (Lipinski definition) is 6. The largest absolute Gasteiger partial charge is 0.361 e. The van der Waals surface area contributed by atoms with E-state index in [-0.39, 0.29) is 12.3 Å². The Morgan fingerprint density at radius 1 is 1.26 bits per heavy atom. The smallest absolute Gasteiger partial charge is 0.175 e. The van der Waals surface area contributed by atoms with E-state index in [1.807, 2.05) is 23.9 Å². The maximum atomic E-state index is 11.5. The highest BCUT2D eigenvalue weighted by Crippen LogP contribution is 2.26. The molecule has 0 saturated carbocycles. The summed E-state index contributed by atoms with van der Waals surface area (Å²) in [6, 6.07) is 7.24. The second-order valence-corrected chi connectivity index (χ2v) is 9.60. The van der Waals surface area contributed by atoms with Crippen molar-refractivity contribution < 1.29 is 13.2 Å². The lowest BCUT2D eigenvalue weighted by atomic mass is 10.1. The van der Waals surface area contributed by atoms with E-state index < -0.39 is 9.84 Å². The third-order valence-corrected chi connectivity index (χ3v) is 6.78. The quantitative estimate of drug-likeness (QED) is 0.835. The van der Waals surface area contributed by atoms with Crippen molar-refractivity contribution in [2.45, 2.75) is 35.3 Å². The number of piperazine rings is 1. The minimum absolute atomic E-state index is 0.00420. The molecule has 2 N–H and O–H groups in total. The molecule has 1 aromatic rings. The fourth-order valence-corrected chi connectivity index (χ4v) is 4.77. The molecule has 0 aromatic heterocycles. The van der Waals surface area contributed by atoms with Crippen LogP contribution >= 0.6 is 11.8 Å². The molecule has 2 heterocycles. The normalized spacial score (nSPS) is 28.8. The van der Waals surface area contributed by atoms with Gasteiger partial charge in [-0.3, -0.25) is 5.32 Å². The molecule has 3 rings (SSSR count). The van der Waals surface area contributed by atoms with Crippen molar-refractivity contribution in [3.63, 3.8) is 0 Å². The first-order valence-electron chi connectivity index (χ1n) is 8.02. The van der Waals surface area contributed by atoms with Crippen molar-refractivity contribution in [2.24, 2.45) is 0 Å². The lowest BCUT2D eigenvalue weighted by Crippen LogP contribution is -2.51. The topological polar surface area (TPSA) is 67.4 Å². The van der Waals surface area contributed by atoms with Crippen LogP contribution in [0.1, 0.15) is 24.4 Å². The second kappa shape index (κ2) is 7.53. The molecule has 5 nitrogen and oxygen atoms in total. The Balaban J connectivity index is 1.57. The number of sulfone groups is 1. The van der Waals surface area contributed by atoms with Gasteiger partial charge in [0.05, 0.1) is 11.5 Å². The third kappa shape index (κ3) is 4.70. The Hall–Kier alpha value is -0.600. The van der Waals surface area contributed by atoms with Gasteiger partial charge in [0.15, 0.2) is 9.84 Å². The van der Waals surface area contributed by atoms with Crippen LogP contribution in [0.2, 0.25) is 0 Å². The van der Waals surface area contributed by atoms with E-state index in [2.05, 4.69) is 10.6 Å². The molecule has 2 saturated heterocycles. The summed E-state index contributed by atoms with van der Waals surface area (Å²) in [4.78, 5) is 0.357. The van der Waals surface area contributed by atoms with E-state index in [0.717, 1.165) is 25.3 Å². The van der Waals surface area contributed by atoms with Gasteiger partial charge in [-0.25, -0.2) is 8.42 Å². The molecule has 2 fully saturated rings. The Bertz CT molecular complexity index is 613. The Morgan fingerprint density at radius 3 is 2.70 bits per heavy atom. The summed E-state index contributed by atoms with van der Waals surface area (Å²) in [7, 11) is -3.14. The van der Waals surface area contributed by atoms with Gasteiger partial charge in [-0.2, -0.15) is 11.8 Å². The summed E-state index contributed by atoms with van der Waals surface area (Å²) in [5.41, 5.74) is 1.08. The number of nitrogens with one attached hydrogen (secondary N) is 2. The van der Waals surface area contributed by atoms with Crippen molar-refractivity contribution in [1.82, 2.24) is 10.6 Å². The van der Waals surface area contributed by atoms with Crippen LogP contribution < -0.4 is 10.6 Å². The zero-order valence-electron chi connectivity index (χ0n) is 13.3. The minimum Gasteiger partial charge on any atom is -0.361 e. The van der Waals surface area contributed by atoms with E-state index in [1.54, 1.807) is 12.1 Å². The number of hydrogen-bond donors (Lipinski definition) is 2. The SMILES string of the molecule is CS(=O)(=O)c1ccc(C2CNCC(OCC3CCCS3)N2)cc1. The lowest BCUT2D eigenvalue weighted by Gasteiger charge is -2.32. The first kappa shape index (κ1) is 17.2. The van der Waals surface area contributed by atoms with Crippen molar-refractivity contribution >= 4 is 21.6 Å². The number of rotatable bonds is 5. The molecule has 1 aromatic carbocycles. The van der Waals surface area contributed by atoms with E-state index in [4.69, 9.17) is 4.74 Å². The van der Waals surface area contributed by atoms with Crippen LogP contribution in [0, 0.1) is 0 Å². The zero-order valence-corrected chi connectivity index (χ0v) is 15.0. The molecular weight excluding hydrogens is 332 g/mol. The molecule has 2 aliphatic rings. The fraction of sp³-hybridized carbons (Fsp3) is 0.625. The maximum Gasteiger partial charge on any atom is 0.175 e. The van der Waals surface area contributed by atoms with Gasteiger partial charge in [-0.15, -0.1) is 0 Å². The average molecular weight is 357 g/mol. The molecule has 0 aliphatic carbocycles. The van der Waals surface area contributed by atoms with Crippen LogP contribution in [0.3, 0.4) is 0 Å². The highest BCUT2D eigenvalue weighted by Gasteiger charge is 2.24. The van der Waals surface area contributed by atoms with Crippen LogP contribution in [0.15, 0.2) is 29.2 Å². The van der Waals surface area contributed by atoms with Gasteiger partial charge in [0, 0.05) is 30.6 Å². The van der Waals surface area contributed by atoms with Crippen LogP contribution in [-0.2, 0) is 14.6 Å². The standard InChI is InChI=1S/C16H24N2O3S2/c1-23(19,20)14-6-4-12(5-7-14)15-9-17-10-16(18-15)21-11-13-3-2-8-22-13/h4-7,13,15-18H,2-3,8-11H2,1H3. The minimum atomic E-state index is -3.14. The maximum absolute atomic E-state index is 11.5. The predicted octanol–water partition coefficient (Wildman–Crippen LogP) is 1.56. The zero-order chi connectivity index (χ0) is 16.3. The summed E-state index contributed by atoms with van der Waals surface area (Å²) in [6.07, 6.45) is 3.78. The lowest BCUT2D eigenvalue weighted by molar-refractivity contribution is 0.00957. The first-order valence-corrected chi connectivity index (χ1v) is 11.0. The molecule has 2 aliphatic heterocycles. The van der Waals surface area contributed by atoms with Gasteiger partial charge < -0.3 is 10.1 Å². The fourth-order valence-electron chi connectivity index (χ4n) is 2.97. The van der Waals surface area contributed by atoms with Crippen LogP contribution in [0.5, 0.6) is 0 Å². The Morgan fingerprint density at radius 2 is 2.04 bits per heavy atom. The molecule has 128 valence electrons. The van der Waals surface area contributed by atoms with Crippen molar-refractivity contribution in [2.75, 3.05) is 31.7 Å². The summed E-state index contributed by atoms with van der Waals surface area (Å²) in [5.74, 6) is 1.25. The van der Waals surface area contributed by atoms with E-state index in [1.165, 1.54) is 24.9 Å². The molecule has 3 unspecified atom stereocenters. The van der Waals surface area contributed by atoms with Gasteiger partial charge >= 0.3 is 0 Å². The molecule has 0 bridgehead atoms. The molecule has 0 spiro atoms. The Labute approximate surface area is 142 Å². The van der Waals surface area contributed by atoms with Crippen LogP contribution in [0.4, 0.5) is 0 Å². The van der Waals surface area contributed by atoms with Gasteiger partial charge in [-0.1, -0.05) is 12.1 Å². The van der Waals surface area contributed by atoms with Gasteiger partial charge in [0.25, 0.3) is 0 Å². The van der Waals surface area contributed by atoms with Crippen molar-refractivity contribution in [3.05, 3.63) is 29.8 Å². The summed E-state index contributed by atoms with van der Waals surface area (Å²) in [6.45, 7) is 2.41. The molecule has 23 heavy (non-hydrogen) atoms. The third-order valence-electron chi connectivity index (χ3n) is 4.28. The highest BCUT2D eigenvalue weighted by molar-refractivity contribution is 8.00. The van der Waals surface area contributed by atoms with E-state index in [9.17, 15) is 8.42 Å². The molecular formula is C16H24N2O3S2. The number of ether oxygens (including phenoxy) is 1. The number of thioether (sulfide) groups is 1. The second-order valence-electron chi connectivity index (χ2n) is 6.18. The van der Waals surface area contributed by atoms with Crippen LogP contribution in [-0.4, -0.2) is 51.6 Å². The van der Waals surface area contributed by atoms with Crippen molar-refractivity contribution in [3.8, 4) is 0 Å². The Kier molecular flexibility index (Phi) is 5.64. The predicted molar refractivity (Wildman–Crippen MR) is 93.5 cm³/mol. The molecule has 0 amide bonds. The highest BCUT2D eigenvalue weighted by atomic mass is 32.2. The first-order chi connectivity index (χ1) is 11.0. The van der Waals surface area contributed by atoms with Crippen molar-refractivity contribution in [1.29, 1.82) is 0 Å². The summed E-state index contributed by atoms with van der Waals surface area (Å²) >= 11 is 2.00. The van der Waals surface area contributed by atoms with Gasteiger partial charge in [0.2, 0.25) is 0 Å². The monoisotopic (exact) mass is 356 g/mol. The van der Waals surface area contributed by atoms with E-state index >= 15 is 0 Å². The van der Waals surface area contributed by atoms with Gasteiger partial charge in [-0.05, 0) is 36.3 Å². The van der Waals surface area contributed by atoms with Gasteiger partial charge in [0.1, 0.15) is 6.23 Å². The summed E-state index contributed by atoms with van der Waals surface area (Å²) < 4.78 is 29.1. The van der Waals surface area contributed by atoms with Crippen LogP contribution in [0.25, 0.3) is 0 Å². The molecule has 3 atom stereocenters. The molecule has 7 heteroatoms. The summed E-state index contributed by atoms with van der Waals surface area (Å²) in [5, 5.41) is 7.53.